The number of nitrogens with one attached hydrogen (secondary N) is 2. The molecule has 2 aromatic rings. The second-order valence-electron chi connectivity index (χ2n) is 6.40. The van der Waals surface area contributed by atoms with Crippen LogP contribution in [0.5, 0.6) is 0 Å². The predicted octanol–water partition coefficient (Wildman–Crippen LogP) is 3.79. The van der Waals surface area contributed by atoms with Gasteiger partial charge in [0.1, 0.15) is 11.6 Å². The Morgan fingerprint density at radius 3 is 2.41 bits per heavy atom. The van der Waals surface area contributed by atoms with Crippen molar-refractivity contribution in [2.75, 3.05) is 17.2 Å². The summed E-state index contributed by atoms with van der Waals surface area (Å²) in [7, 11) is 0. The average molecular weight is 302 g/mol. The van der Waals surface area contributed by atoms with Crippen LogP contribution in [0.4, 0.5) is 16.2 Å². The Morgan fingerprint density at radius 2 is 1.77 bits per heavy atom. The van der Waals surface area contributed by atoms with Crippen molar-refractivity contribution < 1.29 is 4.39 Å². The Morgan fingerprint density at radius 1 is 1.09 bits per heavy atom. The van der Waals surface area contributed by atoms with Crippen molar-refractivity contribution in [2.45, 2.75) is 39.7 Å². The first-order valence-electron chi connectivity index (χ1n) is 7.44. The number of benzene rings is 1. The zero-order valence-corrected chi connectivity index (χ0v) is 13.6. The van der Waals surface area contributed by atoms with E-state index in [0.29, 0.717) is 12.5 Å². The number of hydrogen-bond donors (Lipinski definition) is 2. The molecule has 0 unspecified atom stereocenters. The molecule has 0 saturated heterocycles. The fourth-order valence-electron chi connectivity index (χ4n) is 2.07. The maximum Gasteiger partial charge on any atom is 0.224 e. The highest BCUT2D eigenvalue weighted by Gasteiger charge is 2.11. The first-order chi connectivity index (χ1) is 10.3. The lowest BCUT2D eigenvalue weighted by Crippen LogP contribution is -2.27. The van der Waals surface area contributed by atoms with Gasteiger partial charge in [0.15, 0.2) is 0 Å². The van der Waals surface area contributed by atoms with Crippen LogP contribution in [0.2, 0.25) is 0 Å². The van der Waals surface area contributed by atoms with Gasteiger partial charge in [-0.15, -0.1) is 0 Å². The van der Waals surface area contributed by atoms with Gasteiger partial charge in [-0.3, -0.25) is 0 Å². The Hall–Kier alpha value is -2.17. The van der Waals surface area contributed by atoms with E-state index in [9.17, 15) is 4.39 Å². The van der Waals surface area contributed by atoms with Crippen LogP contribution in [0.3, 0.4) is 0 Å². The van der Waals surface area contributed by atoms with Crippen LogP contribution >= 0.6 is 0 Å². The maximum atomic E-state index is 12.9. The van der Waals surface area contributed by atoms with Gasteiger partial charge in [0.2, 0.25) is 5.95 Å². The van der Waals surface area contributed by atoms with E-state index in [-0.39, 0.29) is 11.4 Å². The van der Waals surface area contributed by atoms with Gasteiger partial charge in [0.05, 0.1) is 0 Å². The molecule has 0 aliphatic rings. The van der Waals surface area contributed by atoms with Gasteiger partial charge in [-0.2, -0.15) is 4.98 Å². The topological polar surface area (TPSA) is 49.8 Å². The monoisotopic (exact) mass is 302 g/mol. The second kappa shape index (κ2) is 6.73. The molecule has 2 rings (SSSR count). The summed E-state index contributed by atoms with van der Waals surface area (Å²) in [5, 5.41) is 6.56. The summed E-state index contributed by atoms with van der Waals surface area (Å²) in [5.41, 5.74) is 1.94. The smallest absolute Gasteiger partial charge is 0.224 e. The predicted molar refractivity (Wildman–Crippen MR) is 88.7 cm³/mol. The largest absolute Gasteiger partial charge is 0.365 e. The molecule has 0 fully saturated rings. The molecule has 0 aliphatic heterocycles. The highest BCUT2D eigenvalue weighted by molar-refractivity contribution is 5.43. The molecule has 118 valence electrons. The molecule has 1 aromatic heterocycles. The van der Waals surface area contributed by atoms with Crippen molar-refractivity contribution in [2.24, 2.45) is 0 Å². The van der Waals surface area contributed by atoms with Crippen molar-refractivity contribution in [3.05, 3.63) is 47.4 Å². The summed E-state index contributed by atoms with van der Waals surface area (Å²) in [6, 6.07) is 8.46. The van der Waals surface area contributed by atoms with Gasteiger partial charge >= 0.3 is 0 Å². The van der Waals surface area contributed by atoms with Crippen molar-refractivity contribution >= 4 is 11.8 Å². The third-order valence-corrected chi connectivity index (χ3v) is 2.97. The molecular weight excluding hydrogens is 279 g/mol. The lowest BCUT2D eigenvalue weighted by atomic mass is 10.1. The third-order valence-electron chi connectivity index (χ3n) is 2.97. The molecule has 4 nitrogen and oxygen atoms in total. The number of nitrogens with zero attached hydrogens (tertiary/aromatic N) is 2. The highest BCUT2D eigenvalue weighted by atomic mass is 19.1. The van der Waals surface area contributed by atoms with Gasteiger partial charge < -0.3 is 10.6 Å². The van der Waals surface area contributed by atoms with Crippen molar-refractivity contribution in [1.29, 1.82) is 0 Å². The van der Waals surface area contributed by atoms with Crippen LogP contribution in [-0.2, 0) is 6.42 Å². The summed E-state index contributed by atoms with van der Waals surface area (Å²) in [6.07, 6.45) is 0.791. The summed E-state index contributed by atoms with van der Waals surface area (Å²) in [4.78, 5) is 8.86. The fraction of sp³-hybridized carbons (Fsp3) is 0.412. The van der Waals surface area contributed by atoms with E-state index >= 15 is 0 Å². The minimum Gasteiger partial charge on any atom is -0.365 e. The minimum atomic E-state index is -0.211. The van der Waals surface area contributed by atoms with E-state index in [1.165, 1.54) is 12.1 Å². The molecule has 2 N–H and O–H groups in total. The summed E-state index contributed by atoms with van der Waals surface area (Å²) < 4.78 is 12.9. The summed E-state index contributed by atoms with van der Waals surface area (Å²) in [6.45, 7) is 8.91. The number of hydrogen-bond acceptors (Lipinski definition) is 4. The quantitative estimate of drug-likeness (QED) is 0.882. The van der Waals surface area contributed by atoms with Gasteiger partial charge in [-0.05, 0) is 51.8 Å². The Balaban J connectivity index is 1.96. The van der Waals surface area contributed by atoms with E-state index in [0.717, 1.165) is 23.5 Å². The number of rotatable bonds is 5. The maximum absolute atomic E-state index is 12.9. The van der Waals surface area contributed by atoms with E-state index in [4.69, 9.17) is 0 Å². The SMILES string of the molecule is Cc1cc(NC(C)(C)C)nc(NCCc2ccc(F)cc2)n1. The molecule has 1 aromatic carbocycles. The van der Waals surface area contributed by atoms with E-state index in [1.807, 2.05) is 13.0 Å². The Labute approximate surface area is 131 Å². The highest BCUT2D eigenvalue weighted by Crippen LogP contribution is 2.15. The average Bonchev–Trinajstić information content (AvgIpc) is 2.38. The van der Waals surface area contributed by atoms with Crippen molar-refractivity contribution in [3.8, 4) is 0 Å². The van der Waals surface area contributed by atoms with Gasteiger partial charge in [-0.1, -0.05) is 12.1 Å². The zero-order chi connectivity index (χ0) is 16.2. The number of aromatic nitrogens is 2. The first kappa shape index (κ1) is 16.2. The minimum absolute atomic E-state index is 0.0494. The van der Waals surface area contributed by atoms with Crippen molar-refractivity contribution in [1.82, 2.24) is 9.97 Å². The molecule has 0 saturated carbocycles. The molecular formula is C17H23FN4. The van der Waals surface area contributed by atoms with Gasteiger partial charge in [-0.25, -0.2) is 9.37 Å². The molecule has 0 spiro atoms. The molecule has 22 heavy (non-hydrogen) atoms. The lowest BCUT2D eigenvalue weighted by Gasteiger charge is -2.21. The molecule has 0 bridgehead atoms. The van der Waals surface area contributed by atoms with Crippen LogP contribution in [0.1, 0.15) is 32.0 Å². The van der Waals surface area contributed by atoms with E-state index < -0.39 is 0 Å². The van der Waals surface area contributed by atoms with Gasteiger partial charge in [0, 0.05) is 23.8 Å². The van der Waals surface area contributed by atoms with Crippen LogP contribution in [-0.4, -0.2) is 22.1 Å². The van der Waals surface area contributed by atoms with E-state index in [2.05, 4.69) is 41.4 Å². The number of anilines is 2. The first-order valence-corrected chi connectivity index (χ1v) is 7.44. The van der Waals surface area contributed by atoms with Crippen LogP contribution in [0.25, 0.3) is 0 Å². The summed E-state index contributed by atoms with van der Waals surface area (Å²) >= 11 is 0. The van der Waals surface area contributed by atoms with Crippen LogP contribution in [0.15, 0.2) is 30.3 Å². The third kappa shape index (κ3) is 5.31. The number of halogens is 1. The fourth-order valence-corrected chi connectivity index (χ4v) is 2.07. The molecule has 1 heterocycles. The lowest BCUT2D eigenvalue weighted by molar-refractivity contribution is 0.627. The second-order valence-corrected chi connectivity index (χ2v) is 6.40. The van der Waals surface area contributed by atoms with E-state index in [1.54, 1.807) is 12.1 Å². The normalized spacial score (nSPS) is 11.3. The molecule has 0 aliphatic carbocycles. The summed E-state index contributed by atoms with van der Waals surface area (Å²) in [5.74, 6) is 1.20. The van der Waals surface area contributed by atoms with Crippen molar-refractivity contribution in [3.63, 3.8) is 0 Å². The number of aryl methyl sites for hydroxylation is 1. The Kier molecular flexibility index (Phi) is 4.96. The molecule has 5 heteroatoms. The standard InChI is InChI=1S/C17H23FN4/c1-12-11-15(22-17(2,3)4)21-16(20-12)19-10-9-13-5-7-14(18)8-6-13/h5-8,11H,9-10H2,1-4H3,(H2,19,20,21,22). The molecule has 0 amide bonds. The molecule has 0 atom stereocenters. The van der Waals surface area contributed by atoms with Gasteiger partial charge in [0.25, 0.3) is 0 Å². The molecule has 0 radical (unpaired) electrons. The Bertz CT molecular complexity index is 618. The van der Waals surface area contributed by atoms with Crippen LogP contribution < -0.4 is 10.6 Å². The zero-order valence-electron chi connectivity index (χ0n) is 13.6. The van der Waals surface area contributed by atoms with Crippen LogP contribution in [0, 0.1) is 12.7 Å².